The number of nitrogens with zero attached hydrogens (tertiary/aromatic N) is 2. The fourth-order valence-electron chi connectivity index (χ4n) is 4.61. The Kier molecular flexibility index (Phi) is 8.88. The highest BCUT2D eigenvalue weighted by Crippen LogP contribution is 2.41. The summed E-state index contributed by atoms with van der Waals surface area (Å²) < 4.78 is 0. The molecule has 2 aromatic carbocycles. The number of carboxylic acid groups (broad SMARTS) is 1. The van der Waals surface area contributed by atoms with Gasteiger partial charge in [-0.1, -0.05) is 89.1 Å². The Hall–Kier alpha value is -3.65. The predicted molar refractivity (Wildman–Crippen MR) is 140 cm³/mol. The van der Waals surface area contributed by atoms with Gasteiger partial charge in [0.15, 0.2) is 6.10 Å². The molecule has 0 saturated carbocycles. The molecule has 3 aromatic rings. The van der Waals surface area contributed by atoms with Crippen LogP contribution in [0.4, 0.5) is 10.6 Å². The molecule has 3 atom stereocenters. The first-order valence-electron chi connectivity index (χ1n) is 12.3. The van der Waals surface area contributed by atoms with Crippen LogP contribution in [0.15, 0.2) is 66.9 Å². The molecule has 8 nitrogen and oxygen atoms in total. The van der Waals surface area contributed by atoms with Gasteiger partial charge in [-0.15, -0.1) is 0 Å². The van der Waals surface area contributed by atoms with Gasteiger partial charge in [0.2, 0.25) is 0 Å². The minimum Gasteiger partial charge on any atom is -0.465 e. The van der Waals surface area contributed by atoms with Crippen molar-refractivity contribution in [1.82, 2.24) is 15.1 Å². The topological polar surface area (TPSA) is 119 Å². The van der Waals surface area contributed by atoms with Gasteiger partial charge in [0.05, 0.1) is 18.3 Å². The summed E-state index contributed by atoms with van der Waals surface area (Å²) in [5, 5.41) is 30.7. The molecule has 2 amide bonds. The Morgan fingerprint density at radius 2 is 1.75 bits per heavy atom. The van der Waals surface area contributed by atoms with Crippen LogP contribution in [0.1, 0.15) is 58.6 Å². The van der Waals surface area contributed by atoms with E-state index in [0.717, 1.165) is 23.1 Å². The van der Waals surface area contributed by atoms with E-state index in [0.29, 0.717) is 18.7 Å². The molecule has 1 heterocycles. The van der Waals surface area contributed by atoms with Gasteiger partial charge in [-0.25, -0.2) is 4.79 Å². The molecule has 0 fully saturated rings. The summed E-state index contributed by atoms with van der Waals surface area (Å²) in [7, 11) is 0. The van der Waals surface area contributed by atoms with E-state index in [2.05, 4.69) is 15.5 Å². The minimum atomic E-state index is -1.57. The third kappa shape index (κ3) is 6.51. The molecule has 0 bridgehead atoms. The highest BCUT2D eigenvalue weighted by Gasteiger charge is 2.43. The lowest BCUT2D eigenvalue weighted by Crippen LogP contribution is -2.54. The van der Waals surface area contributed by atoms with E-state index in [1.807, 2.05) is 82.3 Å². The second kappa shape index (κ2) is 11.9. The quantitative estimate of drug-likeness (QED) is 0.289. The first kappa shape index (κ1) is 26.9. The van der Waals surface area contributed by atoms with Crippen LogP contribution in [-0.2, 0) is 4.79 Å². The van der Waals surface area contributed by atoms with E-state index in [-0.39, 0.29) is 0 Å². The molecule has 0 spiro atoms. The number of nitrogens with one attached hydrogen (secondary N) is 2. The summed E-state index contributed by atoms with van der Waals surface area (Å²) in [6, 6.07) is 17.7. The molecular weight excluding hydrogens is 456 g/mol. The smallest absolute Gasteiger partial charge is 0.408 e. The first-order valence-corrected chi connectivity index (χ1v) is 12.3. The van der Waals surface area contributed by atoms with Crippen molar-refractivity contribution in [3.05, 3.63) is 72.4 Å². The van der Waals surface area contributed by atoms with Crippen molar-refractivity contribution < 1.29 is 19.8 Å². The van der Waals surface area contributed by atoms with Gasteiger partial charge in [-0.3, -0.25) is 14.8 Å². The van der Waals surface area contributed by atoms with Crippen molar-refractivity contribution in [1.29, 1.82) is 0 Å². The van der Waals surface area contributed by atoms with Crippen molar-refractivity contribution in [2.45, 2.75) is 65.1 Å². The Balaban J connectivity index is 2.05. The maximum Gasteiger partial charge on any atom is 0.408 e. The Morgan fingerprint density at radius 3 is 2.33 bits per heavy atom. The van der Waals surface area contributed by atoms with E-state index in [9.17, 15) is 19.8 Å². The van der Waals surface area contributed by atoms with Gasteiger partial charge in [0.1, 0.15) is 5.82 Å². The third-order valence-corrected chi connectivity index (χ3v) is 6.23. The number of aromatic amines is 1. The monoisotopic (exact) mass is 492 g/mol. The molecule has 0 saturated heterocycles. The maximum absolute atomic E-state index is 13.0. The average molecular weight is 493 g/mol. The third-order valence-electron chi connectivity index (χ3n) is 6.23. The summed E-state index contributed by atoms with van der Waals surface area (Å²) >= 11 is 0. The SMILES string of the molecule is CCCC[C@@H]([C@H](O)C(=O)Nc1ccn[nH]1)N(C(=O)O)C(c1cccc(-c2ccccc2)c1)C(C)(C)C. The first-order chi connectivity index (χ1) is 17.1. The van der Waals surface area contributed by atoms with Crippen LogP contribution < -0.4 is 5.32 Å². The molecule has 192 valence electrons. The van der Waals surface area contributed by atoms with Crippen LogP contribution >= 0.6 is 0 Å². The van der Waals surface area contributed by atoms with E-state index >= 15 is 0 Å². The van der Waals surface area contributed by atoms with Crippen LogP contribution in [0.5, 0.6) is 0 Å². The van der Waals surface area contributed by atoms with E-state index in [1.54, 1.807) is 6.07 Å². The molecule has 4 N–H and O–H groups in total. The van der Waals surface area contributed by atoms with Crippen LogP contribution in [0.25, 0.3) is 11.1 Å². The van der Waals surface area contributed by atoms with Crippen LogP contribution in [0, 0.1) is 5.41 Å². The van der Waals surface area contributed by atoms with Gasteiger partial charge in [0, 0.05) is 6.07 Å². The number of H-pyrrole nitrogens is 1. The zero-order chi connectivity index (χ0) is 26.3. The zero-order valence-corrected chi connectivity index (χ0v) is 21.3. The number of carbonyl (C=O) groups excluding carboxylic acids is 1. The normalized spacial score (nSPS) is 14.0. The Morgan fingerprint density at radius 1 is 1.06 bits per heavy atom. The Labute approximate surface area is 212 Å². The predicted octanol–water partition coefficient (Wildman–Crippen LogP) is 5.70. The molecular formula is C28H36N4O4. The zero-order valence-electron chi connectivity index (χ0n) is 21.3. The van der Waals surface area contributed by atoms with Gasteiger partial charge in [-0.05, 0) is 34.6 Å². The van der Waals surface area contributed by atoms with Crippen molar-refractivity contribution in [2.75, 3.05) is 5.32 Å². The number of unbranched alkanes of at least 4 members (excludes halogenated alkanes) is 1. The molecule has 1 unspecified atom stereocenters. The molecule has 0 aliphatic carbocycles. The largest absolute Gasteiger partial charge is 0.465 e. The maximum atomic E-state index is 13.0. The Bertz CT molecular complexity index is 1130. The number of aromatic nitrogens is 2. The van der Waals surface area contributed by atoms with E-state index < -0.39 is 35.6 Å². The molecule has 0 aliphatic rings. The van der Waals surface area contributed by atoms with Gasteiger partial charge >= 0.3 is 6.09 Å². The number of rotatable bonds is 10. The van der Waals surface area contributed by atoms with Crippen molar-refractivity contribution in [3.8, 4) is 11.1 Å². The molecule has 0 aliphatic heterocycles. The summed E-state index contributed by atoms with van der Waals surface area (Å²) in [4.78, 5) is 27.1. The van der Waals surface area contributed by atoms with Crippen molar-refractivity contribution >= 4 is 17.8 Å². The van der Waals surface area contributed by atoms with Crippen molar-refractivity contribution in [3.63, 3.8) is 0 Å². The summed E-state index contributed by atoms with van der Waals surface area (Å²) in [5.41, 5.74) is 2.26. The standard InChI is InChI=1S/C28H36N4O4/c1-5-6-15-22(24(33)26(34)30-23-16-17-29-31-23)32(27(35)36)25(28(2,3)4)21-14-10-13-20(18-21)19-11-8-7-9-12-19/h7-14,16-18,22,24-25,33H,5-6,15H2,1-4H3,(H,35,36)(H2,29,30,31,34)/t22-,24-,25?/m0/s1. The fraction of sp³-hybridized carbons (Fsp3) is 0.393. The summed E-state index contributed by atoms with van der Waals surface area (Å²) in [5.74, 6) is -0.351. The number of hydrogen-bond acceptors (Lipinski definition) is 4. The number of aliphatic hydroxyl groups excluding tert-OH is 1. The van der Waals surface area contributed by atoms with Crippen LogP contribution in [0.3, 0.4) is 0 Å². The molecule has 3 rings (SSSR count). The second-order valence-electron chi connectivity index (χ2n) is 10.1. The summed E-state index contributed by atoms with van der Waals surface area (Å²) in [6.45, 7) is 7.90. The minimum absolute atomic E-state index is 0.332. The second-order valence-corrected chi connectivity index (χ2v) is 10.1. The lowest BCUT2D eigenvalue weighted by molar-refractivity contribution is -0.128. The molecule has 0 radical (unpaired) electrons. The number of amides is 2. The van der Waals surface area contributed by atoms with Gasteiger partial charge in [0.25, 0.3) is 5.91 Å². The fourth-order valence-corrected chi connectivity index (χ4v) is 4.61. The molecule has 8 heteroatoms. The molecule has 36 heavy (non-hydrogen) atoms. The highest BCUT2D eigenvalue weighted by molar-refractivity contribution is 5.94. The lowest BCUT2D eigenvalue weighted by Gasteiger charge is -2.44. The number of aliphatic hydroxyl groups is 1. The van der Waals surface area contributed by atoms with E-state index in [4.69, 9.17) is 0 Å². The molecule has 1 aromatic heterocycles. The average Bonchev–Trinajstić information content (AvgIpc) is 3.36. The summed E-state index contributed by atoms with van der Waals surface area (Å²) in [6.07, 6.45) is 0.514. The van der Waals surface area contributed by atoms with Crippen LogP contribution in [-0.4, -0.2) is 49.5 Å². The van der Waals surface area contributed by atoms with E-state index in [1.165, 1.54) is 11.1 Å². The van der Waals surface area contributed by atoms with Crippen molar-refractivity contribution in [2.24, 2.45) is 5.41 Å². The lowest BCUT2D eigenvalue weighted by atomic mass is 9.79. The van der Waals surface area contributed by atoms with Crippen LogP contribution in [0.2, 0.25) is 0 Å². The number of anilines is 1. The van der Waals surface area contributed by atoms with Gasteiger partial charge in [-0.2, -0.15) is 5.10 Å². The number of carbonyl (C=O) groups is 2. The van der Waals surface area contributed by atoms with Gasteiger partial charge < -0.3 is 15.5 Å². The highest BCUT2D eigenvalue weighted by atomic mass is 16.4. The number of benzene rings is 2. The number of hydrogen-bond donors (Lipinski definition) is 4.